The van der Waals surface area contributed by atoms with Crippen LogP contribution in [0.25, 0.3) is 0 Å². The monoisotopic (exact) mass is 342 g/mol. The van der Waals surface area contributed by atoms with Gasteiger partial charge in [-0.3, -0.25) is 9.59 Å². The highest BCUT2D eigenvalue weighted by molar-refractivity contribution is 7.99. The standard InChI is InChI=1S/C18H16O3S.C2H6/c19-15(13-4-2-1-3-5-13)7-8-16(20)14-6-9-18-17(12-14)21-10-11-22-18;1-2/h1-6,9,12H,7-8,10-11H2;1-2H3. The summed E-state index contributed by atoms with van der Waals surface area (Å²) in [5, 5.41) is 0. The molecule has 0 amide bonds. The van der Waals surface area contributed by atoms with E-state index >= 15 is 0 Å². The smallest absolute Gasteiger partial charge is 0.163 e. The summed E-state index contributed by atoms with van der Waals surface area (Å²) in [7, 11) is 0. The number of thioether (sulfide) groups is 1. The minimum atomic E-state index is -0.0220. The average molecular weight is 342 g/mol. The van der Waals surface area contributed by atoms with E-state index in [0.29, 0.717) is 17.7 Å². The number of ether oxygens (including phenoxy) is 1. The van der Waals surface area contributed by atoms with Gasteiger partial charge < -0.3 is 4.74 Å². The first-order valence-corrected chi connectivity index (χ1v) is 9.24. The van der Waals surface area contributed by atoms with Crippen molar-refractivity contribution < 1.29 is 14.3 Å². The number of rotatable bonds is 5. The summed E-state index contributed by atoms with van der Waals surface area (Å²) >= 11 is 1.73. The maximum absolute atomic E-state index is 12.3. The largest absolute Gasteiger partial charge is 0.492 e. The zero-order valence-electron chi connectivity index (χ0n) is 14.1. The molecule has 2 aromatic rings. The van der Waals surface area contributed by atoms with Crippen molar-refractivity contribution >= 4 is 23.3 Å². The first-order chi connectivity index (χ1) is 11.7. The normalized spacial score (nSPS) is 12.2. The Kier molecular flexibility index (Phi) is 7.07. The van der Waals surface area contributed by atoms with E-state index in [1.165, 1.54) is 0 Å². The van der Waals surface area contributed by atoms with Crippen LogP contribution in [0, 0.1) is 0 Å². The van der Waals surface area contributed by atoms with Gasteiger partial charge >= 0.3 is 0 Å². The molecule has 0 spiro atoms. The Labute approximate surface area is 147 Å². The van der Waals surface area contributed by atoms with Crippen LogP contribution in [0.1, 0.15) is 47.4 Å². The van der Waals surface area contributed by atoms with Crippen LogP contribution < -0.4 is 4.74 Å². The molecule has 0 saturated carbocycles. The van der Waals surface area contributed by atoms with E-state index in [0.717, 1.165) is 16.4 Å². The zero-order valence-corrected chi connectivity index (χ0v) is 14.9. The van der Waals surface area contributed by atoms with Crippen molar-refractivity contribution in [2.75, 3.05) is 12.4 Å². The number of fused-ring (bicyclic) bond motifs is 1. The number of carbonyl (C=O) groups is 2. The van der Waals surface area contributed by atoms with Gasteiger partial charge in [0.2, 0.25) is 0 Å². The van der Waals surface area contributed by atoms with Gasteiger partial charge in [-0.25, -0.2) is 0 Å². The maximum Gasteiger partial charge on any atom is 0.163 e. The van der Waals surface area contributed by atoms with E-state index in [9.17, 15) is 9.59 Å². The van der Waals surface area contributed by atoms with Gasteiger partial charge in [-0.15, -0.1) is 11.8 Å². The third-order valence-electron chi connectivity index (χ3n) is 3.54. The van der Waals surface area contributed by atoms with Gasteiger partial charge in [0.05, 0.1) is 6.61 Å². The molecule has 3 nitrogen and oxygen atoms in total. The SMILES string of the molecule is CC.O=C(CCC(=O)c1ccc2c(c1)OCCS2)c1ccccc1. The lowest BCUT2D eigenvalue weighted by atomic mass is 10.0. The summed E-state index contributed by atoms with van der Waals surface area (Å²) in [5.74, 6) is 1.69. The molecular formula is C20H22O3S. The van der Waals surface area contributed by atoms with Crippen LogP contribution in [0.15, 0.2) is 53.4 Å². The molecule has 0 saturated heterocycles. The second kappa shape index (κ2) is 9.28. The predicted molar refractivity (Wildman–Crippen MR) is 98.3 cm³/mol. The van der Waals surface area contributed by atoms with Crippen LogP contribution >= 0.6 is 11.8 Å². The molecule has 1 aliphatic heterocycles. The highest BCUT2D eigenvalue weighted by atomic mass is 32.2. The van der Waals surface area contributed by atoms with Gasteiger partial charge in [-0.2, -0.15) is 0 Å². The number of hydrogen-bond donors (Lipinski definition) is 0. The number of benzene rings is 2. The van der Waals surface area contributed by atoms with Crippen LogP contribution in [-0.4, -0.2) is 23.9 Å². The molecule has 1 aliphatic rings. The van der Waals surface area contributed by atoms with Gasteiger partial charge in [-0.1, -0.05) is 50.2 Å². The quantitative estimate of drug-likeness (QED) is 0.714. The average Bonchev–Trinajstić information content (AvgIpc) is 2.67. The van der Waals surface area contributed by atoms with Crippen LogP contribution in [0.3, 0.4) is 0 Å². The van der Waals surface area contributed by atoms with Gasteiger partial charge in [0.15, 0.2) is 11.6 Å². The van der Waals surface area contributed by atoms with Crippen molar-refractivity contribution in [3.63, 3.8) is 0 Å². The lowest BCUT2D eigenvalue weighted by molar-refractivity contribution is 0.0917. The molecule has 0 fully saturated rings. The number of ketones is 2. The maximum atomic E-state index is 12.3. The van der Waals surface area contributed by atoms with Gasteiger partial charge in [0, 0.05) is 34.6 Å². The highest BCUT2D eigenvalue weighted by Crippen LogP contribution is 2.34. The molecular weight excluding hydrogens is 320 g/mol. The first kappa shape index (κ1) is 18.3. The lowest BCUT2D eigenvalue weighted by Crippen LogP contribution is -2.09. The Balaban J connectivity index is 0.00000100. The van der Waals surface area contributed by atoms with Gasteiger partial charge in [0.25, 0.3) is 0 Å². The summed E-state index contributed by atoms with van der Waals surface area (Å²) in [4.78, 5) is 25.4. The van der Waals surface area contributed by atoms with E-state index < -0.39 is 0 Å². The van der Waals surface area contributed by atoms with Crippen molar-refractivity contribution in [3.05, 3.63) is 59.7 Å². The fraction of sp³-hybridized carbons (Fsp3) is 0.300. The number of Topliss-reactive ketones (excluding diaryl/α,β-unsaturated/α-hetero) is 2. The molecule has 0 unspecified atom stereocenters. The first-order valence-electron chi connectivity index (χ1n) is 8.25. The van der Waals surface area contributed by atoms with E-state index in [4.69, 9.17) is 4.74 Å². The van der Waals surface area contributed by atoms with Crippen molar-refractivity contribution in [2.45, 2.75) is 31.6 Å². The molecule has 0 aliphatic carbocycles. The molecule has 4 heteroatoms. The predicted octanol–water partition coefficient (Wildman–Crippen LogP) is 5.04. The molecule has 1 heterocycles. The van der Waals surface area contributed by atoms with Crippen molar-refractivity contribution in [1.82, 2.24) is 0 Å². The minimum absolute atomic E-state index is 0.00119. The van der Waals surface area contributed by atoms with Crippen LogP contribution in [0.5, 0.6) is 5.75 Å². The Bertz CT molecular complexity index is 695. The molecule has 0 atom stereocenters. The van der Waals surface area contributed by atoms with E-state index in [2.05, 4.69) is 0 Å². The minimum Gasteiger partial charge on any atom is -0.492 e. The Morgan fingerprint density at radius 3 is 2.33 bits per heavy atom. The van der Waals surface area contributed by atoms with Crippen LogP contribution in [0.2, 0.25) is 0 Å². The van der Waals surface area contributed by atoms with E-state index in [-0.39, 0.29) is 24.4 Å². The number of hydrogen-bond acceptors (Lipinski definition) is 4. The Morgan fingerprint density at radius 2 is 1.62 bits per heavy atom. The van der Waals surface area contributed by atoms with Gasteiger partial charge in [-0.05, 0) is 12.1 Å². The Hall–Kier alpha value is -2.07. The topological polar surface area (TPSA) is 43.4 Å². The molecule has 2 aromatic carbocycles. The molecule has 126 valence electrons. The highest BCUT2D eigenvalue weighted by Gasteiger charge is 2.15. The summed E-state index contributed by atoms with van der Waals surface area (Å²) in [6.45, 7) is 4.67. The summed E-state index contributed by atoms with van der Waals surface area (Å²) in [6, 6.07) is 14.6. The van der Waals surface area contributed by atoms with E-state index in [1.807, 2.05) is 44.2 Å². The van der Waals surface area contributed by atoms with Crippen molar-refractivity contribution in [2.24, 2.45) is 0 Å². The Morgan fingerprint density at radius 1 is 0.958 bits per heavy atom. The lowest BCUT2D eigenvalue weighted by Gasteiger charge is -2.17. The summed E-state index contributed by atoms with van der Waals surface area (Å²) < 4.78 is 5.57. The second-order valence-corrected chi connectivity index (χ2v) is 6.21. The van der Waals surface area contributed by atoms with Crippen molar-refractivity contribution in [1.29, 1.82) is 0 Å². The molecule has 0 N–H and O–H groups in total. The zero-order chi connectivity index (χ0) is 17.4. The van der Waals surface area contributed by atoms with Crippen LogP contribution in [0.4, 0.5) is 0 Å². The van der Waals surface area contributed by atoms with Crippen LogP contribution in [-0.2, 0) is 0 Å². The molecule has 0 bridgehead atoms. The number of carbonyl (C=O) groups excluding carboxylic acids is 2. The second-order valence-electron chi connectivity index (χ2n) is 5.07. The molecule has 3 rings (SSSR count). The molecule has 0 radical (unpaired) electrons. The van der Waals surface area contributed by atoms with Gasteiger partial charge in [0.1, 0.15) is 5.75 Å². The molecule has 24 heavy (non-hydrogen) atoms. The third kappa shape index (κ3) is 4.71. The molecule has 0 aromatic heterocycles. The fourth-order valence-corrected chi connectivity index (χ4v) is 3.17. The van der Waals surface area contributed by atoms with Crippen molar-refractivity contribution in [3.8, 4) is 5.75 Å². The van der Waals surface area contributed by atoms with E-state index in [1.54, 1.807) is 30.0 Å². The fourth-order valence-electron chi connectivity index (χ4n) is 2.36. The third-order valence-corrected chi connectivity index (χ3v) is 4.56. The summed E-state index contributed by atoms with van der Waals surface area (Å²) in [5.41, 5.74) is 1.27. The summed E-state index contributed by atoms with van der Waals surface area (Å²) in [6.07, 6.45) is 0.454.